The number of aromatic nitrogens is 2. The van der Waals surface area contributed by atoms with E-state index in [2.05, 4.69) is 24.3 Å². The van der Waals surface area contributed by atoms with E-state index in [-0.39, 0.29) is 23.8 Å². The first-order valence-electron chi connectivity index (χ1n) is 15.7. The largest absolute Gasteiger partial charge is 0.489 e. The molecule has 0 spiro atoms. The van der Waals surface area contributed by atoms with Gasteiger partial charge in [0.15, 0.2) is 0 Å². The molecule has 7 rings (SSSR count). The minimum Gasteiger partial charge on any atom is -0.489 e. The quantitative estimate of drug-likeness (QED) is 0.136. The number of imide groups is 1. The number of para-hydroxylation sites is 1. The van der Waals surface area contributed by atoms with Crippen molar-refractivity contribution in [2.24, 2.45) is 0 Å². The Kier molecular flexibility index (Phi) is 8.22. The highest BCUT2D eigenvalue weighted by Crippen LogP contribution is 2.33. The zero-order valence-corrected chi connectivity index (χ0v) is 25.9. The molecule has 4 aromatic carbocycles. The maximum atomic E-state index is 13.8. The molecule has 0 saturated carbocycles. The Morgan fingerprint density at radius 2 is 1.72 bits per heavy atom. The van der Waals surface area contributed by atoms with Gasteiger partial charge in [-0.3, -0.25) is 14.5 Å². The molecule has 1 saturated heterocycles. The van der Waals surface area contributed by atoms with Crippen molar-refractivity contribution >= 4 is 28.7 Å². The van der Waals surface area contributed by atoms with Crippen molar-refractivity contribution in [2.45, 2.75) is 32.5 Å². The molecule has 0 radical (unpaired) electrons. The maximum Gasteiger partial charge on any atom is 0.271 e. The number of ether oxygens (including phenoxy) is 2. The number of benzene rings is 4. The number of amides is 2. The van der Waals surface area contributed by atoms with Gasteiger partial charge in [0.1, 0.15) is 24.0 Å². The fraction of sp³-hybridized carbons (Fsp3) is 0.179. The topological polar surface area (TPSA) is 97.5 Å². The van der Waals surface area contributed by atoms with Gasteiger partial charge in [-0.15, -0.1) is 0 Å². The second kappa shape index (κ2) is 12.9. The van der Waals surface area contributed by atoms with Gasteiger partial charge in [0.2, 0.25) is 0 Å². The van der Waals surface area contributed by atoms with Crippen molar-refractivity contribution in [2.75, 3.05) is 13.2 Å². The van der Waals surface area contributed by atoms with Crippen LogP contribution in [0.4, 0.5) is 0 Å². The summed E-state index contributed by atoms with van der Waals surface area (Å²) in [7, 11) is 0. The van der Waals surface area contributed by atoms with Gasteiger partial charge in [0, 0.05) is 29.5 Å². The molecule has 1 atom stereocenters. The molecule has 3 heterocycles. The Hall–Kier alpha value is -5.78. The monoisotopic (exact) mass is 620 g/mol. The van der Waals surface area contributed by atoms with Gasteiger partial charge in [-0.25, -0.2) is 4.68 Å². The highest BCUT2D eigenvalue weighted by Gasteiger charge is 2.37. The lowest BCUT2D eigenvalue weighted by Crippen LogP contribution is -2.46. The van der Waals surface area contributed by atoms with Gasteiger partial charge in [-0.2, -0.15) is 10.4 Å². The normalized spacial score (nSPS) is 17.5. The molecule has 47 heavy (non-hydrogen) atoms. The predicted octanol–water partition coefficient (Wildman–Crippen LogP) is 7.04. The van der Waals surface area contributed by atoms with Crippen LogP contribution in [0.2, 0.25) is 0 Å². The number of fused-ring (bicyclic) bond motifs is 1. The lowest BCUT2D eigenvalue weighted by Gasteiger charge is -2.29. The first kappa shape index (κ1) is 29.9. The van der Waals surface area contributed by atoms with Crippen LogP contribution in [0.25, 0.3) is 33.8 Å². The molecular formula is C39H32N4O4. The summed E-state index contributed by atoms with van der Waals surface area (Å²) in [6, 6.07) is 33.9. The highest BCUT2D eigenvalue weighted by atomic mass is 16.5. The van der Waals surface area contributed by atoms with Crippen molar-refractivity contribution in [3.05, 3.63) is 131 Å². The Morgan fingerprint density at radius 3 is 2.49 bits per heavy atom. The van der Waals surface area contributed by atoms with Gasteiger partial charge in [0.25, 0.3) is 11.8 Å². The molecule has 0 bridgehead atoms. The van der Waals surface area contributed by atoms with E-state index in [4.69, 9.17) is 14.6 Å². The molecule has 8 nitrogen and oxygen atoms in total. The first-order chi connectivity index (χ1) is 23.0. The Balaban J connectivity index is 1.23. The summed E-state index contributed by atoms with van der Waals surface area (Å²) < 4.78 is 13.7. The summed E-state index contributed by atoms with van der Waals surface area (Å²) in [5.41, 5.74) is 4.67. The Labute approximate surface area is 272 Å². The molecule has 0 aliphatic carbocycles. The van der Waals surface area contributed by atoms with Crippen LogP contribution >= 0.6 is 0 Å². The van der Waals surface area contributed by atoms with Crippen LogP contribution in [0.1, 0.15) is 30.9 Å². The standard InChI is InChI=1S/C39H32N4O4/c1-26-35(38(44)42(39(45)36(26)22-40)24-33-14-8-20-46-33)21-30-23-43(31-12-3-2-4-13-31)41-37(30)28-16-18-32(19-17-28)47-25-29-11-7-10-27-9-5-6-15-34(27)29/h2-7,9-13,15-19,21,23,33H,8,14,20,24-25H2,1H3/b35-21+. The SMILES string of the molecule is CC1=C(C#N)C(=O)N(CC2CCCO2)C(=O)/C1=C/c1cn(-c2ccccc2)nc1-c1ccc(OCc2cccc3ccccc23)cc1. The number of hydrogen-bond acceptors (Lipinski definition) is 6. The van der Waals surface area contributed by atoms with Crippen LogP contribution in [0, 0.1) is 11.3 Å². The van der Waals surface area contributed by atoms with Gasteiger partial charge in [0.05, 0.1) is 24.0 Å². The van der Waals surface area contributed by atoms with Crippen LogP contribution in [-0.4, -0.2) is 45.8 Å². The number of nitriles is 1. The summed E-state index contributed by atoms with van der Waals surface area (Å²) in [6.07, 6.45) is 4.99. The molecule has 1 unspecified atom stereocenters. The molecule has 2 aliphatic rings. The van der Waals surface area contributed by atoms with E-state index >= 15 is 0 Å². The van der Waals surface area contributed by atoms with Gasteiger partial charge in [-0.05, 0) is 84.1 Å². The molecule has 1 fully saturated rings. The number of carbonyl (C=O) groups is 2. The van der Waals surface area contributed by atoms with E-state index < -0.39 is 11.8 Å². The van der Waals surface area contributed by atoms with Crippen molar-refractivity contribution in [3.63, 3.8) is 0 Å². The summed E-state index contributed by atoms with van der Waals surface area (Å²) in [5.74, 6) is -0.313. The van der Waals surface area contributed by atoms with Crippen molar-refractivity contribution < 1.29 is 19.1 Å². The van der Waals surface area contributed by atoms with E-state index in [0.717, 1.165) is 39.9 Å². The molecular weight excluding hydrogens is 588 g/mol. The number of nitrogens with zero attached hydrogens (tertiary/aromatic N) is 4. The third kappa shape index (κ3) is 5.97. The smallest absolute Gasteiger partial charge is 0.271 e. The molecule has 0 N–H and O–H groups in total. The second-order valence-corrected chi connectivity index (χ2v) is 11.7. The summed E-state index contributed by atoms with van der Waals surface area (Å²) >= 11 is 0. The third-order valence-corrected chi connectivity index (χ3v) is 8.70. The van der Waals surface area contributed by atoms with Crippen LogP contribution < -0.4 is 4.74 Å². The van der Waals surface area contributed by atoms with Gasteiger partial charge >= 0.3 is 0 Å². The molecule has 2 aliphatic heterocycles. The van der Waals surface area contributed by atoms with Gasteiger partial charge < -0.3 is 9.47 Å². The van der Waals surface area contributed by atoms with E-state index in [9.17, 15) is 14.9 Å². The fourth-order valence-corrected chi connectivity index (χ4v) is 6.16. The number of hydrogen-bond donors (Lipinski definition) is 0. The zero-order valence-electron chi connectivity index (χ0n) is 25.9. The second-order valence-electron chi connectivity index (χ2n) is 11.7. The van der Waals surface area contributed by atoms with Crippen LogP contribution in [-0.2, 0) is 20.9 Å². The molecule has 1 aromatic heterocycles. The lowest BCUT2D eigenvalue weighted by atomic mass is 9.93. The Morgan fingerprint density at radius 1 is 0.957 bits per heavy atom. The van der Waals surface area contributed by atoms with Crippen LogP contribution in [0.3, 0.4) is 0 Å². The predicted molar refractivity (Wildman–Crippen MR) is 179 cm³/mol. The lowest BCUT2D eigenvalue weighted by molar-refractivity contribution is -0.142. The van der Waals surface area contributed by atoms with Crippen molar-refractivity contribution in [3.8, 4) is 28.8 Å². The van der Waals surface area contributed by atoms with E-state index in [0.29, 0.717) is 35.8 Å². The van der Waals surface area contributed by atoms with E-state index in [1.54, 1.807) is 17.7 Å². The Bertz CT molecular complexity index is 2080. The minimum atomic E-state index is -0.582. The van der Waals surface area contributed by atoms with E-state index in [1.807, 2.05) is 85.1 Å². The average Bonchev–Trinajstić information content (AvgIpc) is 3.79. The molecule has 2 amide bonds. The molecule has 232 valence electrons. The maximum absolute atomic E-state index is 13.8. The van der Waals surface area contributed by atoms with Crippen LogP contribution in [0.5, 0.6) is 5.75 Å². The average molecular weight is 621 g/mol. The zero-order chi connectivity index (χ0) is 32.3. The molecule has 8 heteroatoms. The van der Waals surface area contributed by atoms with E-state index in [1.165, 1.54) is 5.39 Å². The third-order valence-electron chi connectivity index (χ3n) is 8.70. The molecule has 5 aromatic rings. The van der Waals surface area contributed by atoms with Crippen molar-refractivity contribution in [1.82, 2.24) is 14.7 Å². The summed E-state index contributed by atoms with van der Waals surface area (Å²) in [5, 5.41) is 17.2. The summed E-state index contributed by atoms with van der Waals surface area (Å²) in [4.78, 5) is 28.2. The number of rotatable bonds is 8. The minimum absolute atomic E-state index is 0.0430. The van der Waals surface area contributed by atoms with Crippen LogP contribution in [0.15, 0.2) is 120 Å². The highest BCUT2D eigenvalue weighted by molar-refractivity contribution is 6.19. The fourth-order valence-electron chi connectivity index (χ4n) is 6.16. The van der Waals surface area contributed by atoms with Crippen molar-refractivity contribution in [1.29, 1.82) is 5.26 Å². The number of carbonyl (C=O) groups excluding carboxylic acids is 2. The van der Waals surface area contributed by atoms with Gasteiger partial charge in [-0.1, -0.05) is 60.7 Å². The first-order valence-corrected chi connectivity index (χ1v) is 15.7. The summed E-state index contributed by atoms with van der Waals surface area (Å²) in [6.45, 7) is 2.78.